The molecule has 0 unspecified atom stereocenters. The van der Waals surface area contributed by atoms with Crippen LogP contribution in [0.25, 0.3) is 11.0 Å². The molecule has 8 heteroatoms. The zero-order valence-electron chi connectivity index (χ0n) is 13.2. The zero-order chi connectivity index (χ0) is 17.4. The molecule has 0 aliphatic heterocycles. The highest BCUT2D eigenvalue weighted by Gasteiger charge is 2.15. The summed E-state index contributed by atoms with van der Waals surface area (Å²) in [7, 11) is 3.28. The SMILES string of the molecule is COc1c(Cl)cc(C(=O)Nc2cnc3c(c2)c(C)nn3C)cc1Cl. The lowest BCUT2D eigenvalue weighted by Crippen LogP contribution is -2.12. The molecule has 2 aromatic heterocycles. The summed E-state index contributed by atoms with van der Waals surface area (Å²) in [4.78, 5) is 16.8. The maximum atomic E-state index is 12.4. The van der Waals surface area contributed by atoms with E-state index in [2.05, 4.69) is 15.4 Å². The molecule has 0 atom stereocenters. The molecule has 0 saturated heterocycles. The van der Waals surface area contributed by atoms with Crippen molar-refractivity contribution in [3.63, 3.8) is 0 Å². The van der Waals surface area contributed by atoms with Gasteiger partial charge >= 0.3 is 0 Å². The van der Waals surface area contributed by atoms with E-state index in [1.165, 1.54) is 19.2 Å². The van der Waals surface area contributed by atoms with E-state index in [0.717, 1.165) is 16.7 Å². The molecular formula is C16H14Cl2N4O2. The summed E-state index contributed by atoms with van der Waals surface area (Å²) in [6, 6.07) is 4.83. The van der Waals surface area contributed by atoms with Crippen LogP contribution in [0.4, 0.5) is 5.69 Å². The first-order valence-corrected chi connectivity index (χ1v) is 7.80. The fourth-order valence-corrected chi connectivity index (χ4v) is 3.11. The third-order valence-corrected chi connectivity index (χ3v) is 4.15. The first-order valence-electron chi connectivity index (χ1n) is 7.04. The maximum absolute atomic E-state index is 12.4. The number of nitrogens with one attached hydrogen (secondary N) is 1. The van der Waals surface area contributed by atoms with Gasteiger partial charge in [-0.1, -0.05) is 23.2 Å². The number of carbonyl (C=O) groups excluding carboxylic acids is 1. The minimum atomic E-state index is -0.343. The third-order valence-electron chi connectivity index (χ3n) is 3.59. The highest BCUT2D eigenvalue weighted by atomic mass is 35.5. The molecule has 2 heterocycles. The smallest absolute Gasteiger partial charge is 0.255 e. The minimum absolute atomic E-state index is 0.270. The Labute approximate surface area is 148 Å². The van der Waals surface area contributed by atoms with Crippen molar-refractivity contribution in [2.45, 2.75) is 6.92 Å². The lowest BCUT2D eigenvalue weighted by molar-refractivity contribution is 0.102. The summed E-state index contributed by atoms with van der Waals surface area (Å²) in [5, 5.41) is 8.50. The average Bonchev–Trinajstić information content (AvgIpc) is 2.81. The van der Waals surface area contributed by atoms with Crippen molar-refractivity contribution in [1.82, 2.24) is 14.8 Å². The molecule has 0 spiro atoms. The fourth-order valence-electron chi connectivity index (χ4n) is 2.47. The second-order valence-electron chi connectivity index (χ2n) is 5.23. The lowest BCUT2D eigenvalue weighted by Gasteiger charge is -2.09. The number of hydrogen-bond acceptors (Lipinski definition) is 4. The van der Waals surface area contributed by atoms with Crippen LogP contribution in [-0.2, 0) is 7.05 Å². The van der Waals surface area contributed by atoms with Crippen molar-refractivity contribution >= 4 is 45.8 Å². The third kappa shape index (κ3) is 2.90. The predicted molar refractivity (Wildman–Crippen MR) is 94.2 cm³/mol. The second-order valence-corrected chi connectivity index (χ2v) is 6.05. The highest BCUT2D eigenvalue weighted by molar-refractivity contribution is 6.37. The van der Waals surface area contributed by atoms with Crippen molar-refractivity contribution in [3.05, 3.63) is 45.7 Å². The van der Waals surface area contributed by atoms with Crippen LogP contribution >= 0.6 is 23.2 Å². The number of amides is 1. The summed E-state index contributed by atoms with van der Waals surface area (Å²) < 4.78 is 6.77. The van der Waals surface area contributed by atoms with Crippen LogP contribution in [0.2, 0.25) is 10.0 Å². The van der Waals surface area contributed by atoms with Crippen molar-refractivity contribution in [3.8, 4) is 5.75 Å². The van der Waals surface area contributed by atoms with E-state index in [1.807, 2.05) is 20.0 Å². The molecule has 1 N–H and O–H groups in total. The Morgan fingerprint density at radius 2 is 1.92 bits per heavy atom. The normalized spacial score (nSPS) is 10.9. The monoisotopic (exact) mass is 364 g/mol. The molecular weight excluding hydrogens is 351 g/mol. The molecule has 0 aliphatic carbocycles. The number of aromatic nitrogens is 3. The summed E-state index contributed by atoms with van der Waals surface area (Å²) in [6.07, 6.45) is 1.58. The Morgan fingerprint density at radius 3 is 2.54 bits per heavy atom. The van der Waals surface area contributed by atoms with Crippen LogP contribution < -0.4 is 10.1 Å². The zero-order valence-corrected chi connectivity index (χ0v) is 14.7. The fraction of sp³-hybridized carbons (Fsp3) is 0.188. The van der Waals surface area contributed by atoms with Crippen LogP contribution in [-0.4, -0.2) is 27.8 Å². The molecule has 6 nitrogen and oxygen atoms in total. The van der Waals surface area contributed by atoms with E-state index in [-0.39, 0.29) is 16.0 Å². The predicted octanol–water partition coefficient (Wildman–Crippen LogP) is 3.84. The van der Waals surface area contributed by atoms with Crippen molar-refractivity contribution in [2.24, 2.45) is 7.05 Å². The summed E-state index contributed by atoms with van der Waals surface area (Å²) in [5.41, 5.74) is 2.48. The molecule has 124 valence electrons. The lowest BCUT2D eigenvalue weighted by atomic mass is 10.2. The van der Waals surface area contributed by atoms with Crippen molar-refractivity contribution in [1.29, 1.82) is 0 Å². The topological polar surface area (TPSA) is 69.0 Å². The van der Waals surface area contributed by atoms with E-state index in [9.17, 15) is 4.79 Å². The second kappa shape index (κ2) is 6.30. The number of fused-ring (bicyclic) bond motifs is 1. The summed E-state index contributed by atoms with van der Waals surface area (Å²) in [5.74, 6) is -0.00639. The largest absolute Gasteiger partial charge is 0.494 e. The highest BCUT2D eigenvalue weighted by Crippen LogP contribution is 2.34. The standard InChI is InChI=1S/C16H14Cl2N4O2/c1-8-11-6-10(7-19-15(11)22(2)21-8)20-16(23)9-4-12(17)14(24-3)13(18)5-9/h4-7H,1-3H3,(H,20,23). The minimum Gasteiger partial charge on any atom is -0.494 e. The number of aryl methyl sites for hydroxylation is 2. The number of rotatable bonds is 3. The number of methoxy groups -OCH3 is 1. The molecule has 1 aromatic carbocycles. The van der Waals surface area contributed by atoms with Crippen LogP contribution in [0.15, 0.2) is 24.4 Å². The molecule has 0 aliphatic rings. The van der Waals surface area contributed by atoms with Crippen LogP contribution in [0.3, 0.4) is 0 Å². The average molecular weight is 365 g/mol. The van der Waals surface area contributed by atoms with Gasteiger partial charge in [-0.2, -0.15) is 5.10 Å². The van der Waals surface area contributed by atoms with Gasteiger partial charge in [0.2, 0.25) is 0 Å². The molecule has 3 rings (SSSR count). The van der Waals surface area contributed by atoms with Crippen LogP contribution in [0.1, 0.15) is 16.1 Å². The van der Waals surface area contributed by atoms with Gasteiger partial charge in [0, 0.05) is 18.0 Å². The first-order chi connectivity index (χ1) is 11.4. The van der Waals surface area contributed by atoms with Gasteiger partial charge in [-0.05, 0) is 25.1 Å². The van der Waals surface area contributed by atoms with Gasteiger partial charge in [0.1, 0.15) is 0 Å². The molecule has 0 saturated carbocycles. The molecule has 0 fully saturated rings. The van der Waals surface area contributed by atoms with E-state index in [4.69, 9.17) is 27.9 Å². The number of carbonyl (C=O) groups is 1. The molecule has 3 aromatic rings. The molecule has 0 radical (unpaired) electrons. The van der Waals surface area contributed by atoms with Gasteiger partial charge in [-0.15, -0.1) is 0 Å². The van der Waals surface area contributed by atoms with Gasteiger partial charge in [0.05, 0.1) is 34.7 Å². The Hall–Kier alpha value is -2.31. The number of hydrogen-bond donors (Lipinski definition) is 1. The number of pyridine rings is 1. The Kier molecular flexibility index (Phi) is 4.34. The maximum Gasteiger partial charge on any atom is 0.255 e. The number of anilines is 1. The van der Waals surface area contributed by atoms with Crippen LogP contribution in [0, 0.1) is 6.92 Å². The van der Waals surface area contributed by atoms with Gasteiger partial charge in [0.25, 0.3) is 5.91 Å². The molecule has 0 bridgehead atoms. The number of nitrogens with zero attached hydrogens (tertiary/aromatic N) is 3. The van der Waals surface area contributed by atoms with Gasteiger partial charge in [0.15, 0.2) is 11.4 Å². The van der Waals surface area contributed by atoms with E-state index < -0.39 is 0 Å². The Morgan fingerprint density at radius 1 is 1.25 bits per heavy atom. The van der Waals surface area contributed by atoms with Gasteiger partial charge in [-0.25, -0.2) is 4.98 Å². The Bertz CT molecular complexity index is 930. The first kappa shape index (κ1) is 16.5. The molecule has 24 heavy (non-hydrogen) atoms. The van der Waals surface area contributed by atoms with Gasteiger partial charge in [-0.3, -0.25) is 9.48 Å². The number of ether oxygens (including phenoxy) is 1. The number of halogens is 2. The van der Waals surface area contributed by atoms with Crippen molar-refractivity contribution in [2.75, 3.05) is 12.4 Å². The van der Waals surface area contributed by atoms with Crippen LogP contribution in [0.5, 0.6) is 5.75 Å². The summed E-state index contributed by atoms with van der Waals surface area (Å²) in [6.45, 7) is 1.89. The summed E-state index contributed by atoms with van der Waals surface area (Å²) >= 11 is 12.1. The van der Waals surface area contributed by atoms with E-state index in [1.54, 1.807) is 10.9 Å². The Balaban J connectivity index is 1.91. The quantitative estimate of drug-likeness (QED) is 0.766. The molecule has 1 amide bonds. The van der Waals surface area contributed by atoms with Crippen molar-refractivity contribution < 1.29 is 9.53 Å². The van der Waals surface area contributed by atoms with Gasteiger partial charge < -0.3 is 10.1 Å². The number of benzene rings is 1. The van der Waals surface area contributed by atoms with E-state index >= 15 is 0 Å². The van der Waals surface area contributed by atoms with E-state index in [0.29, 0.717) is 17.0 Å².